The van der Waals surface area contributed by atoms with Crippen molar-refractivity contribution in [3.8, 4) is 0 Å². The van der Waals surface area contributed by atoms with E-state index in [0.29, 0.717) is 6.61 Å². The predicted molar refractivity (Wildman–Crippen MR) is 42.7 cm³/mol. The Kier molecular flexibility index (Phi) is 2.89. The fourth-order valence-corrected chi connectivity index (χ4v) is 0.788. The summed E-state index contributed by atoms with van der Waals surface area (Å²) in [4.78, 5) is 9.17. The van der Waals surface area contributed by atoms with Crippen LogP contribution in [0.3, 0.4) is 0 Å². The summed E-state index contributed by atoms with van der Waals surface area (Å²) in [6.45, 7) is 0.392. The average molecular weight is 153 g/mol. The summed E-state index contributed by atoms with van der Waals surface area (Å²) in [5.41, 5.74) is 7.29. The molecule has 11 heavy (non-hydrogen) atoms. The van der Waals surface area contributed by atoms with Gasteiger partial charge < -0.3 is 5.73 Å². The van der Waals surface area contributed by atoms with E-state index in [2.05, 4.69) is 4.89 Å². The highest BCUT2D eigenvalue weighted by Gasteiger charge is 1.95. The lowest BCUT2D eigenvalue weighted by Gasteiger charge is -2.02. The molecule has 0 bridgehead atoms. The van der Waals surface area contributed by atoms with Gasteiger partial charge in [-0.25, -0.2) is 9.78 Å². The molecule has 3 heteroatoms. The summed E-state index contributed by atoms with van der Waals surface area (Å²) in [5, 5.41) is 0. The molecule has 0 amide bonds. The van der Waals surface area contributed by atoms with Crippen LogP contribution in [-0.2, 0) is 16.4 Å². The first-order chi connectivity index (χ1) is 5.34. The number of para-hydroxylation sites is 1. The smallest absolute Gasteiger partial charge is 0.109 e. The predicted octanol–water partition coefficient (Wildman–Crippen LogP) is 1.35. The standard InChI is InChI=1S/C8H11NO2/c1-10-11-6-7-4-2-3-5-8(7)9/h2-5H,6,9H2,1H3. The number of anilines is 1. The van der Waals surface area contributed by atoms with Crippen LogP contribution in [0.15, 0.2) is 24.3 Å². The molecule has 0 aromatic heterocycles. The van der Waals surface area contributed by atoms with Gasteiger partial charge in [-0.1, -0.05) is 18.2 Å². The Bertz CT molecular complexity index is 225. The van der Waals surface area contributed by atoms with E-state index in [1.165, 1.54) is 7.11 Å². The molecule has 2 N–H and O–H groups in total. The van der Waals surface area contributed by atoms with Gasteiger partial charge in [0.15, 0.2) is 0 Å². The molecule has 0 unspecified atom stereocenters. The van der Waals surface area contributed by atoms with Crippen molar-refractivity contribution in [3.63, 3.8) is 0 Å². The minimum Gasteiger partial charge on any atom is -0.398 e. The first-order valence-electron chi connectivity index (χ1n) is 3.33. The minimum atomic E-state index is 0.392. The molecule has 1 aromatic rings. The van der Waals surface area contributed by atoms with Crippen molar-refractivity contribution in [2.24, 2.45) is 0 Å². The van der Waals surface area contributed by atoms with E-state index in [-0.39, 0.29) is 0 Å². The molecule has 60 valence electrons. The Morgan fingerprint density at radius 1 is 1.36 bits per heavy atom. The van der Waals surface area contributed by atoms with Gasteiger partial charge in [0.2, 0.25) is 0 Å². The molecule has 0 spiro atoms. The Labute approximate surface area is 65.7 Å². The Hall–Kier alpha value is -1.06. The van der Waals surface area contributed by atoms with Crippen LogP contribution in [0.1, 0.15) is 5.56 Å². The Balaban J connectivity index is 2.62. The second kappa shape index (κ2) is 3.95. The van der Waals surface area contributed by atoms with Crippen molar-refractivity contribution in [1.29, 1.82) is 0 Å². The second-order valence-electron chi connectivity index (χ2n) is 2.13. The molecule has 0 fully saturated rings. The van der Waals surface area contributed by atoms with Crippen molar-refractivity contribution in [3.05, 3.63) is 29.8 Å². The van der Waals surface area contributed by atoms with Gasteiger partial charge in [0.05, 0.1) is 7.11 Å². The lowest BCUT2D eigenvalue weighted by Crippen LogP contribution is -1.96. The summed E-state index contributed by atoms with van der Waals surface area (Å²) in [6, 6.07) is 7.51. The zero-order chi connectivity index (χ0) is 8.10. The molecule has 0 radical (unpaired) electrons. The van der Waals surface area contributed by atoms with E-state index in [4.69, 9.17) is 10.6 Å². The second-order valence-corrected chi connectivity index (χ2v) is 2.13. The van der Waals surface area contributed by atoms with Crippen molar-refractivity contribution in [2.75, 3.05) is 12.8 Å². The summed E-state index contributed by atoms with van der Waals surface area (Å²) in [7, 11) is 1.47. The maximum atomic E-state index is 5.63. The fourth-order valence-electron chi connectivity index (χ4n) is 0.788. The molecule has 1 rings (SSSR count). The fraction of sp³-hybridized carbons (Fsp3) is 0.250. The molecule has 0 atom stereocenters. The van der Waals surface area contributed by atoms with Crippen LogP contribution in [0.25, 0.3) is 0 Å². The van der Waals surface area contributed by atoms with Gasteiger partial charge in [-0.2, -0.15) is 0 Å². The third-order valence-corrected chi connectivity index (χ3v) is 1.39. The van der Waals surface area contributed by atoms with E-state index >= 15 is 0 Å². The lowest BCUT2D eigenvalue weighted by atomic mass is 10.2. The van der Waals surface area contributed by atoms with Crippen LogP contribution in [-0.4, -0.2) is 7.11 Å². The van der Waals surface area contributed by atoms with Crippen LogP contribution >= 0.6 is 0 Å². The highest BCUT2D eigenvalue weighted by molar-refractivity contribution is 5.45. The minimum absolute atomic E-state index is 0.392. The normalized spacial score (nSPS) is 9.91. The van der Waals surface area contributed by atoms with Gasteiger partial charge >= 0.3 is 0 Å². The first kappa shape index (κ1) is 8.04. The van der Waals surface area contributed by atoms with E-state index in [9.17, 15) is 0 Å². The molecule has 0 aliphatic carbocycles. The Morgan fingerprint density at radius 2 is 2.09 bits per heavy atom. The van der Waals surface area contributed by atoms with Gasteiger partial charge in [-0.15, -0.1) is 0 Å². The summed E-state index contributed by atoms with van der Waals surface area (Å²) in [5.74, 6) is 0. The Morgan fingerprint density at radius 3 is 2.73 bits per heavy atom. The zero-order valence-corrected chi connectivity index (χ0v) is 6.41. The van der Waals surface area contributed by atoms with Gasteiger partial charge in [-0.3, -0.25) is 0 Å². The number of nitrogen functional groups attached to an aromatic ring is 1. The van der Waals surface area contributed by atoms with Crippen LogP contribution in [0, 0.1) is 0 Å². The van der Waals surface area contributed by atoms with Crippen LogP contribution in [0.4, 0.5) is 5.69 Å². The van der Waals surface area contributed by atoms with Crippen molar-refractivity contribution in [1.82, 2.24) is 0 Å². The van der Waals surface area contributed by atoms with Gasteiger partial charge in [-0.05, 0) is 6.07 Å². The molecule has 0 saturated heterocycles. The molecule has 1 aromatic carbocycles. The number of rotatable bonds is 3. The molecule has 0 aliphatic heterocycles. The zero-order valence-electron chi connectivity index (χ0n) is 6.41. The van der Waals surface area contributed by atoms with E-state index in [0.717, 1.165) is 11.3 Å². The maximum Gasteiger partial charge on any atom is 0.109 e. The highest BCUT2D eigenvalue weighted by atomic mass is 17.2. The topological polar surface area (TPSA) is 44.5 Å². The van der Waals surface area contributed by atoms with E-state index < -0.39 is 0 Å². The van der Waals surface area contributed by atoms with Crippen molar-refractivity contribution >= 4 is 5.69 Å². The van der Waals surface area contributed by atoms with Crippen LogP contribution < -0.4 is 5.73 Å². The molecular weight excluding hydrogens is 142 g/mol. The molecular formula is C8H11NO2. The molecule has 3 nitrogen and oxygen atoms in total. The summed E-state index contributed by atoms with van der Waals surface area (Å²) < 4.78 is 0. The van der Waals surface area contributed by atoms with Crippen molar-refractivity contribution < 1.29 is 9.78 Å². The van der Waals surface area contributed by atoms with Gasteiger partial charge in [0.1, 0.15) is 6.61 Å². The number of benzene rings is 1. The number of hydrogen-bond acceptors (Lipinski definition) is 3. The van der Waals surface area contributed by atoms with Crippen molar-refractivity contribution in [2.45, 2.75) is 6.61 Å². The highest BCUT2D eigenvalue weighted by Crippen LogP contribution is 2.10. The van der Waals surface area contributed by atoms with Gasteiger partial charge in [0, 0.05) is 11.3 Å². The first-order valence-corrected chi connectivity index (χ1v) is 3.33. The van der Waals surface area contributed by atoms with E-state index in [1.807, 2.05) is 24.3 Å². The number of hydrogen-bond donors (Lipinski definition) is 1. The third-order valence-electron chi connectivity index (χ3n) is 1.39. The summed E-state index contributed by atoms with van der Waals surface area (Å²) >= 11 is 0. The van der Waals surface area contributed by atoms with Crippen LogP contribution in [0.2, 0.25) is 0 Å². The quantitative estimate of drug-likeness (QED) is 0.405. The monoisotopic (exact) mass is 153 g/mol. The van der Waals surface area contributed by atoms with Gasteiger partial charge in [0.25, 0.3) is 0 Å². The molecule has 0 aliphatic rings. The summed E-state index contributed by atoms with van der Waals surface area (Å²) in [6.07, 6.45) is 0. The molecule has 0 saturated carbocycles. The lowest BCUT2D eigenvalue weighted by molar-refractivity contribution is -0.282. The number of nitrogens with two attached hydrogens (primary N) is 1. The SMILES string of the molecule is COOCc1ccccc1N. The maximum absolute atomic E-state index is 5.63. The average Bonchev–Trinajstić information content (AvgIpc) is 2.03. The third kappa shape index (κ3) is 2.22. The largest absolute Gasteiger partial charge is 0.398 e. The molecule has 0 heterocycles. The van der Waals surface area contributed by atoms with Crippen LogP contribution in [0.5, 0.6) is 0 Å². The van der Waals surface area contributed by atoms with E-state index in [1.54, 1.807) is 0 Å².